The summed E-state index contributed by atoms with van der Waals surface area (Å²) in [4.78, 5) is 23.1. The summed E-state index contributed by atoms with van der Waals surface area (Å²) in [6.45, 7) is 3.71. The molecule has 0 aliphatic carbocycles. The van der Waals surface area contributed by atoms with Gasteiger partial charge in [0, 0.05) is 35.4 Å². The fourth-order valence-corrected chi connectivity index (χ4v) is 4.50. The predicted octanol–water partition coefficient (Wildman–Crippen LogP) is 2.95. The van der Waals surface area contributed by atoms with E-state index in [1.165, 1.54) is 4.90 Å². The van der Waals surface area contributed by atoms with Gasteiger partial charge in [0.25, 0.3) is 0 Å². The minimum atomic E-state index is -0.745. The molecule has 7 heteroatoms. The number of alkyl halides is 1. The van der Waals surface area contributed by atoms with E-state index < -0.39 is 10.4 Å². The van der Waals surface area contributed by atoms with Crippen LogP contribution >= 0.6 is 27.3 Å². The van der Waals surface area contributed by atoms with Gasteiger partial charge in [-0.3, -0.25) is 14.7 Å². The Labute approximate surface area is 159 Å². The van der Waals surface area contributed by atoms with Gasteiger partial charge in [-0.1, -0.05) is 21.9 Å². The smallest absolute Gasteiger partial charge is 0.245 e. The molecule has 2 aromatic heterocycles. The van der Waals surface area contributed by atoms with Crippen LogP contribution in [-0.2, 0) is 10.3 Å². The number of guanidine groups is 1. The maximum absolute atomic E-state index is 12.4. The molecule has 0 saturated carbocycles. The van der Waals surface area contributed by atoms with Gasteiger partial charge in [0.15, 0.2) is 5.96 Å². The van der Waals surface area contributed by atoms with Crippen molar-refractivity contribution >= 4 is 39.1 Å². The molecule has 5 nitrogen and oxygen atoms in total. The highest BCUT2D eigenvalue weighted by atomic mass is 79.9. The SMILES string of the molecule is CC#Cc1cncc(-c2csc([C@@]3(C)N=C(N)N(C)C(=O)[C@@H]3Br)c2)c1. The molecule has 3 heterocycles. The minimum Gasteiger partial charge on any atom is -0.369 e. The first kappa shape index (κ1) is 17.6. The Kier molecular flexibility index (Phi) is 4.67. The van der Waals surface area contributed by atoms with E-state index in [4.69, 9.17) is 5.73 Å². The van der Waals surface area contributed by atoms with E-state index in [0.29, 0.717) is 0 Å². The van der Waals surface area contributed by atoms with Crippen LogP contribution in [0.3, 0.4) is 0 Å². The maximum atomic E-state index is 12.4. The third kappa shape index (κ3) is 3.08. The number of aromatic nitrogens is 1. The van der Waals surface area contributed by atoms with Gasteiger partial charge in [-0.25, -0.2) is 4.99 Å². The van der Waals surface area contributed by atoms with Crippen molar-refractivity contribution in [1.82, 2.24) is 9.88 Å². The van der Waals surface area contributed by atoms with E-state index in [1.807, 2.05) is 24.4 Å². The molecule has 2 aromatic rings. The lowest BCUT2D eigenvalue weighted by Gasteiger charge is -2.36. The standard InChI is InChI=1S/C18H17BrN4OS/c1-4-5-11-6-12(9-21-8-11)13-7-14(25-10-13)18(2)15(19)16(24)23(3)17(20)22-18/h6-10,15H,1-3H3,(H2,20,22)/t15-,18+/m0/s1. The average Bonchev–Trinajstić information content (AvgIpc) is 3.10. The van der Waals surface area contributed by atoms with Crippen molar-refractivity contribution in [3.05, 3.63) is 40.3 Å². The summed E-state index contributed by atoms with van der Waals surface area (Å²) < 4.78 is 0. The molecule has 0 aromatic carbocycles. The second-order valence-corrected chi connectivity index (χ2v) is 7.74. The molecule has 3 rings (SSSR count). The number of halogens is 1. The van der Waals surface area contributed by atoms with Crippen LogP contribution in [0, 0.1) is 11.8 Å². The van der Waals surface area contributed by atoms with Crippen molar-refractivity contribution < 1.29 is 4.79 Å². The maximum Gasteiger partial charge on any atom is 0.245 e. The molecule has 2 N–H and O–H groups in total. The normalized spacial score (nSPS) is 23.0. The van der Waals surface area contributed by atoms with Crippen molar-refractivity contribution in [2.45, 2.75) is 24.2 Å². The lowest BCUT2D eigenvalue weighted by Crippen LogP contribution is -2.54. The molecule has 128 valence electrons. The molecule has 1 amide bonds. The number of nitrogens with two attached hydrogens (primary N) is 1. The van der Waals surface area contributed by atoms with Gasteiger partial charge in [0.05, 0.1) is 0 Å². The van der Waals surface area contributed by atoms with Gasteiger partial charge in [0.2, 0.25) is 5.91 Å². The average molecular weight is 417 g/mol. The molecular weight excluding hydrogens is 400 g/mol. The molecule has 0 bridgehead atoms. The predicted molar refractivity (Wildman–Crippen MR) is 105 cm³/mol. The zero-order valence-electron chi connectivity index (χ0n) is 14.1. The molecule has 0 unspecified atom stereocenters. The number of amides is 1. The van der Waals surface area contributed by atoms with Crippen molar-refractivity contribution in [3.63, 3.8) is 0 Å². The Balaban J connectivity index is 2.02. The summed E-state index contributed by atoms with van der Waals surface area (Å²) in [5, 5.41) is 2.04. The summed E-state index contributed by atoms with van der Waals surface area (Å²) in [6.07, 6.45) is 3.54. The summed E-state index contributed by atoms with van der Waals surface area (Å²) in [6, 6.07) is 4.04. The fourth-order valence-electron chi connectivity index (χ4n) is 2.64. The number of pyridine rings is 1. The second kappa shape index (κ2) is 6.62. The van der Waals surface area contributed by atoms with Gasteiger partial charge in [-0.05, 0) is 36.9 Å². The topological polar surface area (TPSA) is 71.6 Å². The van der Waals surface area contributed by atoms with Crippen molar-refractivity contribution in [3.8, 4) is 23.0 Å². The Morgan fingerprint density at radius 3 is 2.84 bits per heavy atom. The Morgan fingerprint density at radius 1 is 1.36 bits per heavy atom. The lowest BCUT2D eigenvalue weighted by molar-refractivity contribution is -0.127. The second-order valence-electron chi connectivity index (χ2n) is 5.91. The molecule has 1 aliphatic rings. The molecule has 25 heavy (non-hydrogen) atoms. The lowest BCUT2D eigenvalue weighted by atomic mass is 9.93. The van der Waals surface area contributed by atoms with Crippen LogP contribution in [0.15, 0.2) is 34.9 Å². The van der Waals surface area contributed by atoms with Crippen molar-refractivity contribution in [2.75, 3.05) is 7.05 Å². The van der Waals surface area contributed by atoms with E-state index in [-0.39, 0.29) is 11.9 Å². The first-order valence-electron chi connectivity index (χ1n) is 7.61. The minimum absolute atomic E-state index is 0.105. The van der Waals surface area contributed by atoms with Crippen LogP contribution < -0.4 is 5.73 Å². The number of nitrogens with zero attached hydrogens (tertiary/aromatic N) is 3. The third-order valence-corrected chi connectivity index (χ3v) is 6.61. The highest BCUT2D eigenvalue weighted by Crippen LogP contribution is 2.42. The molecule has 0 fully saturated rings. The van der Waals surface area contributed by atoms with Gasteiger partial charge >= 0.3 is 0 Å². The number of rotatable bonds is 2. The Hall–Kier alpha value is -2.17. The van der Waals surface area contributed by atoms with Gasteiger partial charge in [-0.2, -0.15) is 0 Å². The fraction of sp³-hybridized carbons (Fsp3) is 0.278. The highest BCUT2D eigenvalue weighted by Gasteiger charge is 2.45. The molecule has 0 saturated heterocycles. The Morgan fingerprint density at radius 2 is 2.12 bits per heavy atom. The van der Waals surface area contributed by atoms with Gasteiger partial charge in [0.1, 0.15) is 10.4 Å². The van der Waals surface area contributed by atoms with Gasteiger partial charge in [-0.15, -0.1) is 17.3 Å². The van der Waals surface area contributed by atoms with E-state index in [1.54, 1.807) is 37.7 Å². The van der Waals surface area contributed by atoms with Crippen molar-refractivity contribution in [1.29, 1.82) is 0 Å². The summed E-state index contributed by atoms with van der Waals surface area (Å²) >= 11 is 5.05. The number of carbonyl (C=O) groups is 1. The summed E-state index contributed by atoms with van der Waals surface area (Å²) in [5.41, 5.74) is 8.05. The molecule has 1 aliphatic heterocycles. The number of aliphatic imine (C=N–C) groups is 1. The zero-order chi connectivity index (χ0) is 18.2. The monoisotopic (exact) mass is 416 g/mol. The summed E-state index contributed by atoms with van der Waals surface area (Å²) in [7, 11) is 1.63. The highest BCUT2D eigenvalue weighted by molar-refractivity contribution is 9.10. The van der Waals surface area contributed by atoms with Crippen LogP contribution in [0.2, 0.25) is 0 Å². The molecule has 0 radical (unpaired) electrons. The first-order chi connectivity index (χ1) is 11.9. The number of hydrogen-bond acceptors (Lipinski definition) is 5. The van der Waals surface area contributed by atoms with E-state index in [2.05, 4.69) is 37.7 Å². The number of carbonyl (C=O) groups excluding carboxylic acids is 1. The largest absolute Gasteiger partial charge is 0.369 e. The van der Waals surface area contributed by atoms with Crippen molar-refractivity contribution in [2.24, 2.45) is 10.7 Å². The van der Waals surface area contributed by atoms with Crippen LogP contribution in [0.5, 0.6) is 0 Å². The Bertz CT molecular complexity index is 926. The molecule has 0 spiro atoms. The van der Waals surface area contributed by atoms with E-state index >= 15 is 0 Å². The quantitative estimate of drug-likeness (QED) is 0.603. The zero-order valence-corrected chi connectivity index (χ0v) is 16.5. The number of thiophene rings is 1. The van der Waals surface area contributed by atoms with Crippen LogP contribution in [0.1, 0.15) is 24.3 Å². The molecular formula is C18H17BrN4OS. The third-order valence-electron chi connectivity index (χ3n) is 4.17. The van der Waals surface area contributed by atoms with Gasteiger partial charge < -0.3 is 5.73 Å². The van der Waals surface area contributed by atoms with E-state index in [9.17, 15) is 4.79 Å². The van der Waals surface area contributed by atoms with Crippen LogP contribution in [0.4, 0.5) is 0 Å². The summed E-state index contributed by atoms with van der Waals surface area (Å²) in [5.74, 6) is 6.01. The van der Waals surface area contributed by atoms with Crippen LogP contribution in [0.25, 0.3) is 11.1 Å². The number of hydrogen-bond donors (Lipinski definition) is 1. The van der Waals surface area contributed by atoms with E-state index in [0.717, 1.165) is 21.6 Å². The van der Waals surface area contributed by atoms with Crippen LogP contribution in [-0.4, -0.2) is 33.6 Å². The first-order valence-corrected chi connectivity index (χ1v) is 9.40. The molecule has 2 atom stereocenters.